The first-order valence-electron chi connectivity index (χ1n) is 16.3. The lowest BCUT2D eigenvalue weighted by Gasteiger charge is -2.49. The summed E-state index contributed by atoms with van der Waals surface area (Å²) in [6, 6.07) is 8.52. The number of hydrogen-bond acceptors (Lipinski definition) is 4. The van der Waals surface area contributed by atoms with Crippen molar-refractivity contribution in [1.82, 2.24) is 13.9 Å². The molecule has 7 heteroatoms. The zero-order valence-corrected chi connectivity index (χ0v) is 26.0. The molecule has 2 saturated carbocycles. The van der Waals surface area contributed by atoms with Crippen LogP contribution < -0.4 is 11.4 Å². The van der Waals surface area contributed by atoms with Crippen LogP contribution in [0.2, 0.25) is 0 Å². The maximum absolute atomic E-state index is 14.2. The molecule has 2 fully saturated rings. The van der Waals surface area contributed by atoms with Gasteiger partial charge in [-0.15, -0.1) is 0 Å². The Bertz CT molecular complexity index is 1490. The summed E-state index contributed by atoms with van der Waals surface area (Å²) in [5.41, 5.74) is 3.01. The fraction of sp³-hybridized carbons (Fsp3) is 0.657. The number of benzene rings is 1. The molecule has 1 aromatic heterocycles. The summed E-state index contributed by atoms with van der Waals surface area (Å²) in [4.78, 5) is 28.3. The van der Waals surface area contributed by atoms with Crippen LogP contribution in [0.5, 0.6) is 0 Å². The summed E-state index contributed by atoms with van der Waals surface area (Å²) in [5.74, 6) is 2.39. The first kappa shape index (κ1) is 29.4. The second kappa shape index (κ2) is 11.1. The molecule has 2 N–H and O–H groups in total. The Morgan fingerprint density at radius 3 is 2.40 bits per heavy atom. The molecular weight excluding hydrogens is 526 g/mol. The number of aromatic nitrogens is 3. The summed E-state index contributed by atoms with van der Waals surface area (Å²) in [6.45, 7) is 11.5. The van der Waals surface area contributed by atoms with Crippen LogP contribution in [0.25, 0.3) is 5.69 Å². The molecular formula is C35H49N3O4. The Hall–Kier alpha value is -2.64. The number of hydrogen-bond donors (Lipinski definition) is 2. The number of para-hydroxylation sites is 1. The third-order valence-corrected chi connectivity index (χ3v) is 11.5. The first-order chi connectivity index (χ1) is 20.0. The van der Waals surface area contributed by atoms with Crippen molar-refractivity contribution < 1.29 is 10.2 Å². The van der Waals surface area contributed by atoms with Crippen LogP contribution in [-0.4, -0.2) is 36.4 Å². The van der Waals surface area contributed by atoms with Crippen molar-refractivity contribution in [3.8, 4) is 5.69 Å². The number of aliphatic hydroxyl groups excluding tert-OH is 2. The van der Waals surface area contributed by atoms with Gasteiger partial charge in [-0.1, -0.05) is 71.2 Å². The van der Waals surface area contributed by atoms with Crippen molar-refractivity contribution in [3.05, 3.63) is 74.1 Å². The maximum atomic E-state index is 14.2. The second-order valence-corrected chi connectivity index (χ2v) is 14.5. The highest BCUT2D eigenvalue weighted by atomic mass is 16.3. The third kappa shape index (κ3) is 4.71. The van der Waals surface area contributed by atoms with E-state index in [0.717, 1.165) is 36.3 Å². The predicted molar refractivity (Wildman–Crippen MR) is 166 cm³/mol. The van der Waals surface area contributed by atoms with Crippen LogP contribution in [0.15, 0.2) is 62.7 Å². The zero-order valence-electron chi connectivity index (χ0n) is 26.0. The fourth-order valence-corrected chi connectivity index (χ4v) is 9.30. The van der Waals surface area contributed by atoms with Crippen LogP contribution in [0.3, 0.4) is 0 Å². The monoisotopic (exact) mass is 575 g/mol. The molecule has 2 aromatic rings. The number of allylic oxidation sites excluding steroid dienone is 2. The Morgan fingerprint density at radius 1 is 0.976 bits per heavy atom. The minimum absolute atomic E-state index is 0.154. The van der Waals surface area contributed by atoms with Crippen molar-refractivity contribution >= 4 is 0 Å². The van der Waals surface area contributed by atoms with E-state index < -0.39 is 18.2 Å². The smallest absolute Gasteiger partial charge is 0.352 e. The average molecular weight is 576 g/mol. The SMILES string of the molecule is CC1=C(C2C=C3C(CC[C@@]4(C)C3CC[C@@H]4[C@H](C)CCCC(C)C)n3c(=O)n(-c4ccccc4)c(=O)n32)C[C@@H](O)C[C@@H]1O. The van der Waals surface area contributed by atoms with Crippen molar-refractivity contribution in [1.29, 1.82) is 0 Å². The second-order valence-electron chi connectivity index (χ2n) is 14.5. The van der Waals surface area contributed by atoms with E-state index in [4.69, 9.17) is 0 Å². The molecule has 4 aliphatic rings. The highest BCUT2D eigenvalue weighted by Gasteiger charge is 2.55. The van der Waals surface area contributed by atoms with Gasteiger partial charge >= 0.3 is 11.4 Å². The van der Waals surface area contributed by atoms with Crippen molar-refractivity contribution in [2.45, 2.75) is 117 Å². The van der Waals surface area contributed by atoms with Crippen LogP contribution >= 0.6 is 0 Å². The normalized spacial score (nSPS) is 33.3. The molecule has 6 rings (SSSR count). The molecule has 3 unspecified atom stereocenters. The summed E-state index contributed by atoms with van der Waals surface area (Å²) >= 11 is 0. The van der Waals surface area contributed by atoms with Crippen molar-refractivity contribution in [3.63, 3.8) is 0 Å². The van der Waals surface area contributed by atoms with Gasteiger partial charge in [-0.05, 0) is 97.0 Å². The quantitative estimate of drug-likeness (QED) is 0.400. The average Bonchev–Trinajstić information content (AvgIpc) is 3.44. The van der Waals surface area contributed by atoms with E-state index >= 15 is 0 Å². The molecule has 1 aromatic carbocycles. The Balaban J connectivity index is 1.46. The first-order valence-corrected chi connectivity index (χ1v) is 16.3. The molecule has 0 amide bonds. The standard InChI is InChI=1S/C35H49N3O4/c1-21(2)10-9-11-22(3)28-14-15-29-27-20-31(26-18-25(39)19-32(40)23(26)4)38-34(42)36(24-12-7-6-8-13-24)33(41)37(38)30(27)16-17-35(28,29)5/h6-8,12-13,20-22,25,28-32,39-40H,9-11,14-19H2,1-5H3/t22-,25-,28-,29?,30?,31?,32+,35-/m1/s1. The van der Waals surface area contributed by atoms with Gasteiger partial charge in [-0.2, -0.15) is 0 Å². The number of fused-ring (bicyclic) bond motifs is 5. The van der Waals surface area contributed by atoms with Gasteiger partial charge in [0, 0.05) is 6.42 Å². The van der Waals surface area contributed by atoms with Gasteiger partial charge in [0.25, 0.3) is 0 Å². The number of aliphatic hydroxyl groups is 2. The molecule has 0 radical (unpaired) electrons. The van der Waals surface area contributed by atoms with Crippen molar-refractivity contribution in [2.75, 3.05) is 0 Å². The van der Waals surface area contributed by atoms with Gasteiger partial charge in [-0.3, -0.25) is 0 Å². The molecule has 0 spiro atoms. The summed E-state index contributed by atoms with van der Waals surface area (Å²) in [6.07, 6.45) is 9.50. The molecule has 0 bridgehead atoms. The Morgan fingerprint density at radius 2 is 1.69 bits per heavy atom. The molecule has 3 aliphatic carbocycles. The maximum Gasteiger partial charge on any atom is 0.352 e. The number of nitrogens with zero attached hydrogens (tertiary/aromatic N) is 3. The van der Waals surface area contributed by atoms with E-state index in [2.05, 4.69) is 33.8 Å². The van der Waals surface area contributed by atoms with Gasteiger partial charge in [0.15, 0.2) is 0 Å². The highest BCUT2D eigenvalue weighted by Crippen LogP contribution is 2.62. The van der Waals surface area contributed by atoms with E-state index in [1.807, 2.05) is 25.1 Å². The third-order valence-electron chi connectivity index (χ3n) is 11.5. The van der Waals surface area contributed by atoms with Crippen LogP contribution in [0.1, 0.15) is 104 Å². The van der Waals surface area contributed by atoms with Crippen LogP contribution in [0.4, 0.5) is 0 Å². The molecule has 228 valence electrons. The van der Waals surface area contributed by atoms with Gasteiger partial charge in [0.05, 0.1) is 30.0 Å². The fourth-order valence-electron chi connectivity index (χ4n) is 9.30. The molecule has 2 heterocycles. The Kier molecular flexibility index (Phi) is 7.80. The highest BCUT2D eigenvalue weighted by molar-refractivity contribution is 5.37. The van der Waals surface area contributed by atoms with Crippen LogP contribution in [0, 0.1) is 29.1 Å². The van der Waals surface area contributed by atoms with E-state index in [1.54, 1.807) is 21.5 Å². The van der Waals surface area contributed by atoms with E-state index in [-0.39, 0.29) is 22.8 Å². The molecule has 8 atom stereocenters. The summed E-state index contributed by atoms with van der Waals surface area (Å²) in [5, 5.41) is 21.5. The minimum atomic E-state index is -0.758. The van der Waals surface area contributed by atoms with Crippen LogP contribution in [-0.2, 0) is 0 Å². The molecule has 7 nitrogen and oxygen atoms in total. The lowest BCUT2D eigenvalue weighted by molar-refractivity contribution is 0.0677. The molecule has 1 aliphatic heterocycles. The lowest BCUT2D eigenvalue weighted by atomic mass is 9.59. The predicted octanol–water partition coefficient (Wildman–Crippen LogP) is 5.94. The molecule has 0 saturated heterocycles. The summed E-state index contributed by atoms with van der Waals surface area (Å²) in [7, 11) is 0. The van der Waals surface area contributed by atoms with Gasteiger partial charge in [0.2, 0.25) is 0 Å². The minimum Gasteiger partial charge on any atom is -0.393 e. The van der Waals surface area contributed by atoms with Crippen molar-refractivity contribution in [2.24, 2.45) is 29.1 Å². The lowest BCUT2D eigenvalue weighted by Crippen LogP contribution is -2.46. The topological polar surface area (TPSA) is 89.4 Å². The molecule has 42 heavy (non-hydrogen) atoms. The van der Waals surface area contributed by atoms with E-state index in [1.165, 1.54) is 35.8 Å². The zero-order chi connectivity index (χ0) is 29.9. The summed E-state index contributed by atoms with van der Waals surface area (Å²) < 4.78 is 4.68. The number of rotatable bonds is 7. The van der Waals surface area contributed by atoms with Gasteiger partial charge in [-0.25, -0.2) is 23.5 Å². The van der Waals surface area contributed by atoms with E-state index in [0.29, 0.717) is 36.3 Å². The van der Waals surface area contributed by atoms with Gasteiger partial charge in [0.1, 0.15) is 0 Å². The van der Waals surface area contributed by atoms with Gasteiger partial charge < -0.3 is 10.2 Å². The Labute approximate surface area is 249 Å². The van der Waals surface area contributed by atoms with E-state index in [9.17, 15) is 19.8 Å². The largest absolute Gasteiger partial charge is 0.393 e.